The zero-order valence-electron chi connectivity index (χ0n) is 15.7. The number of methoxy groups -OCH3 is 1. The number of hydrogen-bond donors (Lipinski definition) is 2. The van der Waals surface area contributed by atoms with Crippen molar-refractivity contribution in [2.45, 2.75) is 38.0 Å². The Kier molecular flexibility index (Phi) is 5.98. The second-order valence-corrected chi connectivity index (χ2v) is 7.41. The van der Waals surface area contributed by atoms with Crippen molar-refractivity contribution in [3.63, 3.8) is 0 Å². The first-order valence-corrected chi connectivity index (χ1v) is 9.52. The summed E-state index contributed by atoms with van der Waals surface area (Å²) in [7, 11) is 1.58. The van der Waals surface area contributed by atoms with Crippen LogP contribution < -0.4 is 15.8 Å². The van der Waals surface area contributed by atoms with Crippen LogP contribution in [0.2, 0.25) is 0 Å². The molecule has 1 aliphatic carbocycles. The third-order valence-corrected chi connectivity index (χ3v) is 5.50. The molecule has 1 unspecified atom stereocenters. The number of primary amides is 1. The van der Waals surface area contributed by atoms with E-state index in [4.69, 9.17) is 10.5 Å². The first-order valence-electron chi connectivity index (χ1n) is 9.52. The zero-order chi connectivity index (χ0) is 19.4. The lowest BCUT2D eigenvalue weighted by Crippen LogP contribution is -2.46. The van der Waals surface area contributed by atoms with E-state index in [-0.39, 0.29) is 6.54 Å². The van der Waals surface area contributed by atoms with E-state index in [0.717, 1.165) is 36.9 Å². The second kappa shape index (κ2) is 8.41. The topological polar surface area (TPSA) is 102 Å². The van der Waals surface area contributed by atoms with Crippen molar-refractivity contribution in [2.24, 2.45) is 11.7 Å². The highest BCUT2D eigenvalue weighted by molar-refractivity contribution is 6.38. The van der Waals surface area contributed by atoms with Gasteiger partial charge in [-0.2, -0.15) is 0 Å². The summed E-state index contributed by atoms with van der Waals surface area (Å²) in [6, 6.07) is 5.40. The Balaban J connectivity index is 1.74. The molecule has 2 amide bonds. The highest BCUT2D eigenvalue weighted by Gasteiger charge is 2.36. The molecule has 1 aromatic carbocycles. The molecule has 0 bridgehead atoms. The van der Waals surface area contributed by atoms with Gasteiger partial charge in [0.1, 0.15) is 5.75 Å². The normalized spacial score (nSPS) is 19.1. The Labute approximate surface area is 159 Å². The van der Waals surface area contributed by atoms with Crippen LogP contribution in [0.25, 0.3) is 0 Å². The Morgan fingerprint density at radius 1 is 1.22 bits per heavy atom. The molecule has 1 saturated carbocycles. The Morgan fingerprint density at radius 3 is 2.63 bits per heavy atom. The van der Waals surface area contributed by atoms with Crippen molar-refractivity contribution in [1.82, 2.24) is 4.90 Å². The summed E-state index contributed by atoms with van der Waals surface area (Å²) in [6.07, 6.45) is 5.49. The number of carbonyl (C=O) groups excluding carboxylic acids is 3. The summed E-state index contributed by atoms with van der Waals surface area (Å²) in [5.41, 5.74) is 6.91. The third kappa shape index (κ3) is 4.40. The fourth-order valence-electron chi connectivity index (χ4n) is 4.07. The van der Waals surface area contributed by atoms with Crippen LogP contribution in [0, 0.1) is 5.92 Å². The van der Waals surface area contributed by atoms with Crippen molar-refractivity contribution >= 4 is 23.3 Å². The molecule has 2 aliphatic rings. The number of Topliss-reactive ketones (excluding diaryl/α,β-unsaturated/α-hetero) is 1. The highest BCUT2D eigenvalue weighted by atomic mass is 16.5. The van der Waals surface area contributed by atoms with Gasteiger partial charge in [-0.25, -0.2) is 0 Å². The van der Waals surface area contributed by atoms with Crippen LogP contribution >= 0.6 is 0 Å². The van der Waals surface area contributed by atoms with Crippen LogP contribution in [0.4, 0.5) is 5.69 Å². The molecule has 7 nitrogen and oxygen atoms in total. The molecule has 1 atom stereocenters. The molecule has 0 radical (unpaired) electrons. The van der Waals surface area contributed by atoms with Crippen molar-refractivity contribution in [3.8, 4) is 5.75 Å². The van der Waals surface area contributed by atoms with Crippen LogP contribution in [0.15, 0.2) is 18.2 Å². The monoisotopic (exact) mass is 373 g/mol. The lowest BCUT2D eigenvalue weighted by Gasteiger charge is -2.29. The fraction of sp³-hybridized carbons (Fsp3) is 0.550. The predicted molar refractivity (Wildman–Crippen MR) is 102 cm³/mol. The van der Waals surface area contributed by atoms with E-state index in [9.17, 15) is 14.4 Å². The van der Waals surface area contributed by atoms with Crippen LogP contribution in [0.3, 0.4) is 0 Å². The predicted octanol–water partition coefficient (Wildman–Crippen LogP) is 1.67. The minimum Gasteiger partial charge on any atom is -0.497 e. The maximum atomic E-state index is 12.9. The van der Waals surface area contributed by atoms with Gasteiger partial charge in [0.05, 0.1) is 19.6 Å². The number of anilines is 1. The van der Waals surface area contributed by atoms with Crippen molar-refractivity contribution in [1.29, 1.82) is 0 Å². The largest absolute Gasteiger partial charge is 0.497 e. The Hall–Kier alpha value is -2.57. The van der Waals surface area contributed by atoms with Crippen molar-refractivity contribution in [3.05, 3.63) is 23.8 Å². The van der Waals surface area contributed by atoms with E-state index in [1.165, 1.54) is 11.3 Å². The Morgan fingerprint density at radius 2 is 1.96 bits per heavy atom. The van der Waals surface area contributed by atoms with Gasteiger partial charge in [-0.1, -0.05) is 25.3 Å². The standard InChI is InChI=1S/C20H27N3O4/c1-27-14-7-8-15-16(10-22-17(15)9-14)19(25)20(26)23(12-18(21)24)11-13-5-3-2-4-6-13/h7-9,13,16,22H,2-6,10-12H2,1H3,(H2,21,24). The first kappa shape index (κ1) is 19.2. The molecule has 0 saturated heterocycles. The number of carbonyl (C=O) groups is 3. The number of nitrogens with zero attached hydrogens (tertiary/aromatic N) is 1. The number of ketones is 1. The molecule has 27 heavy (non-hydrogen) atoms. The number of amides is 2. The van der Waals surface area contributed by atoms with Crippen molar-refractivity contribution in [2.75, 3.05) is 32.1 Å². The number of ether oxygens (including phenoxy) is 1. The quantitative estimate of drug-likeness (QED) is 0.708. The average Bonchev–Trinajstić information content (AvgIpc) is 3.09. The molecular weight excluding hydrogens is 346 g/mol. The van der Waals surface area contributed by atoms with Gasteiger partial charge in [0.2, 0.25) is 11.7 Å². The van der Waals surface area contributed by atoms with Gasteiger partial charge in [-0.05, 0) is 30.4 Å². The molecule has 3 N–H and O–H groups in total. The van der Waals surface area contributed by atoms with E-state index in [1.807, 2.05) is 12.1 Å². The van der Waals surface area contributed by atoms with E-state index in [2.05, 4.69) is 5.32 Å². The average molecular weight is 373 g/mol. The molecule has 0 spiro atoms. The zero-order valence-corrected chi connectivity index (χ0v) is 15.7. The first-order chi connectivity index (χ1) is 13.0. The van der Waals surface area contributed by atoms with E-state index >= 15 is 0 Å². The number of fused-ring (bicyclic) bond motifs is 1. The maximum Gasteiger partial charge on any atom is 0.291 e. The lowest BCUT2D eigenvalue weighted by atomic mass is 9.88. The summed E-state index contributed by atoms with van der Waals surface area (Å²) in [5, 5.41) is 3.16. The molecule has 146 valence electrons. The summed E-state index contributed by atoms with van der Waals surface area (Å²) in [4.78, 5) is 38.6. The molecule has 7 heteroatoms. The van der Waals surface area contributed by atoms with E-state index in [0.29, 0.717) is 24.8 Å². The van der Waals surface area contributed by atoms with Gasteiger partial charge in [0.15, 0.2) is 0 Å². The van der Waals surface area contributed by atoms with Gasteiger partial charge >= 0.3 is 0 Å². The smallest absolute Gasteiger partial charge is 0.291 e. The maximum absolute atomic E-state index is 12.9. The summed E-state index contributed by atoms with van der Waals surface area (Å²) in [5.74, 6) is -1.25. The molecule has 3 rings (SSSR count). The Bertz CT molecular complexity index is 728. The van der Waals surface area contributed by atoms with E-state index in [1.54, 1.807) is 13.2 Å². The lowest BCUT2D eigenvalue weighted by molar-refractivity contribution is -0.147. The van der Waals surface area contributed by atoms with Gasteiger partial charge < -0.3 is 20.7 Å². The van der Waals surface area contributed by atoms with Crippen LogP contribution in [0.1, 0.15) is 43.6 Å². The molecule has 1 heterocycles. The van der Waals surface area contributed by atoms with Crippen LogP contribution in [-0.4, -0.2) is 49.2 Å². The second-order valence-electron chi connectivity index (χ2n) is 7.41. The van der Waals surface area contributed by atoms with Gasteiger partial charge in [-0.15, -0.1) is 0 Å². The highest BCUT2D eigenvalue weighted by Crippen LogP contribution is 2.35. The SMILES string of the molecule is COc1ccc2c(c1)NCC2C(=O)C(=O)N(CC(N)=O)CC1CCCCC1. The summed E-state index contributed by atoms with van der Waals surface area (Å²) >= 11 is 0. The van der Waals surface area contributed by atoms with Crippen LogP contribution in [0.5, 0.6) is 5.75 Å². The third-order valence-electron chi connectivity index (χ3n) is 5.50. The van der Waals surface area contributed by atoms with Gasteiger partial charge in [0, 0.05) is 24.8 Å². The van der Waals surface area contributed by atoms with E-state index < -0.39 is 23.5 Å². The molecule has 1 aliphatic heterocycles. The van der Waals surface area contributed by atoms with Crippen molar-refractivity contribution < 1.29 is 19.1 Å². The molecule has 1 aromatic rings. The van der Waals surface area contributed by atoms with Crippen LogP contribution in [-0.2, 0) is 14.4 Å². The number of rotatable bonds is 7. The molecule has 1 fully saturated rings. The number of nitrogens with two attached hydrogens (primary N) is 1. The molecule has 0 aromatic heterocycles. The van der Waals surface area contributed by atoms with Gasteiger partial charge in [0.25, 0.3) is 5.91 Å². The number of nitrogens with one attached hydrogen (secondary N) is 1. The minimum absolute atomic E-state index is 0.212. The number of hydrogen-bond acceptors (Lipinski definition) is 5. The van der Waals surface area contributed by atoms with Gasteiger partial charge in [-0.3, -0.25) is 14.4 Å². The molecular formula is C20H27N3O4. The minimum atomic E-state index is -0.616. The fourth-order valence-corrected chi connectivity index (χ4v) is 4.07. The summed E-state index contributed by atoms with van der Waals surface area (Å²) < 4.78 is 5.20. The summed E-state index contributed by atoms with van der Waals surface area (Å²) in [6.45, 7) is 0.570. The number of benzene rings is 1.